The van der Waals surface area contributed by atoms with Crippen molar-refractivity contribution >= 4 is 39.9 Å². The lowest BCUT2D eigenvalue weighted by molar-refractivity contribution is -0.119. The Kier molecular flexibility index (Phi) is 6.76. The highest BCUT2D eigenvalue weighted by Gasteiger charge is 2.22. The third-order valence-corrected chi connectivity index (χ3v) is 6.09. The Morgan fingerprint density at radius 3 is 2.43 bits per heavy atom. The molecule has 9 heteroatoms. The van der Waals surface area contributed by atoms with E-state index in [0.717, 1.165) is 12.0 Å². The molecule has 2 amide bonds. The fourth-order valence-electron chi connectivity index (χ4n) is 4.32. The predicted molar refractivity (Wildman–Crippen MR) is 138 cm³/mol. The zero-order valence-corrected chi connectivity index (χ0v) is 19.9. The third kappa shape index (κ3) is 5.25. The van der Waals surface area contributed by atoms with E-state index in [1.54, 1.807) is 53.4 Å². The number of hydrogen-bond donors (Lipinski definition) is 1. The van der Waals surface area contributed by atoms with Crippen LogP contribution in [-0.2, 0) is 20.9 Å². The van der Waals surface area contributed by atoms with Crippen LogP contribution in [0.4, 0.5) is 11.4 Å². The Hall–Kier alpha value is -4.79. The summed E-state index contributed by atoms with van der Waals surface area (Å²) in [5.41, 5.74) is 1.66. The van der Waals surface area contributed by atoms with Gasteiger partial charge in [0.05, 0.1) is 11.9 Å². The number of nitrogens with one attached hydrogen (secondary N) is 1. The highest BCUT2D eigenvalue weighted by molar-refractivity contribution is 6.03. The lowest BCUT2D eigenvalue weighted by Gasteiger charge is -2.16. The number of aromatic nitrogens is 2. The molecule has 1 fully saturated rings. The molecule has 3 aromatic carbocycles. The van der Waals surface area contributed by atoms with Crippen molar-refractivity contribution in [2.75, 3.05) is 23.4 Å². The molecule has 0 saturated carbocycles. The van der Waals surface area contributed by atoms with Crippen LogP contribution >= 0.6 is 0 Å². The molecule has 2 heterocycles. The lowest BCUT2D eigenvalue weighted by Crippen LogP contribution is -2.28. The molecule has 9 nitrogen and oxygen atoms in total. The standard InChI is InChI=1S/C28H24N4O5/c33-24(29-20-10-6-11-21(16-20)31-15-7-14-25(31)34)18-37-28(36)26-22-12-4-5-13-23(22)27(35)32(30-26)17-19-8-2-1-3-9-19/h1-6,8-13,16H,7,14-15,17-18H2,(H,29,33). The fraction of sp³-hybridized carbons (Fsp3) is 0.179. The van der Waals surface area contributed by atoms with E-state index in [1.807, 2.05) is 30.3 Å². The minimum atomic E-state index is -0.815. The zero-order chi connectivity index (χ0) is 25.8. The molecule has 1 aromatic heterocycles. The molecule has 0 unspecified atom stereocenters. The predicted octanol–water partition coefficient (Wildman–Crippen LogP) is 3.37. The van der Waals surface area contributed by atoms with Crippen molar-refractivity contribution in [3.05, 3.63) is 100 Å². The van der Waals surface area contributed by atoms with Gasteiger partial charge in [-0.3, -0.25) is 14.4 Å². The highest BCUT2D eigenvalue weighted by atomic mass is 16.5. The molecule has 0 atom stereocenters. The number of anilines is 2. The minimum Gasteiger partial charge on any atom is -0.451 e. The summed E-state index contributed by atoms with van der Waals surface area (Å²) in [6, 6.07) is 22.9. The summed E-state index contributed by atoms with van der Waals surface area (Å²) < 4.78 is 6.49. The molecule has 0 bridgehead atoms. The second-order valence-electron chi connectivity index (χ2n) is 8.67. The van der Waals surface area contributed by atoms with Crippen LogP contribution in [0.3, 0.4) is 0 Å². The van der Waals surface area contributed by atoms with E-state index in [-0.39, 0.29) is 23.7 Å². The van der Waals surface area contributed by atoms with Gasteiger partial charge in [0.1, 0.15) is 0 Å². The summed E-state index contributed by atoms with van der Waals surface area (Å²) in [5.74, 6) is -1.31. The van der Waals surface area contributed by atoms with Gasteiger partial charge in [0.2, 0.25) is 5.91 Å². The molecule has 4 aromatic rings. The fourth-order valence-corrected chi connectivity index (χ4v) is 4.32. The largest absolute Gasteiger partial charge is 0.451 e. The Morgan fingerprint density at radius 2 is 1.68 bits per heavy atom. The Bertz CT molecular complexity index is 1550. The van der Waals surface area contributed by atoms with Gasteiger partial charge in [-0.25, -0.2) is 9.48 Å². The molecule has 0 aliphatic carbocycles. The molecule has 1 saturated heterocycles. The number of carbonyl (C=O) groups excluding carboxylic acids is 3. The summed E-state index contributed by atoms with van der Waals surface area (Å²) >= 11 is 0. The average Bonchev–Trinajstić information content (AvgIpc) is 3.35. The maximum atomic E-state index is 13.0. The van der Waals surface area contributed by atoms with Crippen molar-refractivity contribution in [2.24, 2.45) is 0 Å². The molecule has 1 aliphatic rings. The average molecular weight is 497 g/mol. The monoisotopic (exact) mass is 496 g/mol. The topological polar surface area (TPSA) is 111 Å². The van der Waals surface area contributed by atoms with Crippen molar-refractivity contribution < 1.29 is 19.1 Å². The second kappa shape index (κ2) is 10.4. The summed E-state index contributed by atoms with van der Waals surface area (Å²) in [7, 11) is 0. The number of rotatable bonds is 7. The molecule has 186 valence electrons. The number of esters is 1. The smallest absolute Gasteiger partial charge is 0.359 e. The van der Waals surface area contributed by atoms with Gasteiger partial charge in [-0.05, 0) is 36.2 Å². The molecule has 1 aliphatic heterocycles. The number of hydrogen-bond acceptors (Lipinski definition) is 6. The summed E-state index contributed by atoms with van der Waals surface area (Å²) in [6.45, 7) is 0.280. The van der Waals surface area contributed by atoms with Gasteiger partial charge in [0, 0.05) is 29.7 Å². The van der Waals surface area contributed by atoms with Crippen LogP contribution in [0.1, 0.15) is 28.9 Å². The van der Waals surface area contributed by atoms with Gasteiger partial charge in [-0.15, -0.1) is 0 Å². The first kappa shape index (κ1) is 23.9. The van der Waals surface area contributed by atoms with E-state index in [4.69, 9.17) is 4.74 Å². The van der Waals surface area contributed by atoms with E-state index in [2.05, 4.69) is 10.4 Å². The van der Waals surface area contributed by atoms with E-state index < -0.39 is 18.5 Å². The summed E-state index contributed by atoms with van der Waals surface area (Å²) in [4.78, 5) is 52.2. The molecular formula is C28H24N4O5. The number of fused-ring (bicyclic) bond motifs is 1. The van der Waals surface area contributed by atoms with Crippen LogP contribution in [0.25, 0.3) is 10.8 Å². The van der Waals surface area contributed by atoms with Crippen LogP contribution in [0.2, 0.25) is 0 Å². The molecule has 0 spiro atoms. The summed E-state index contributed by atoms with van der Waals surface area (Å²) in [6.07, 6.45) is 1.31. The van der Waals surface area contributed by atoms with E-state index in [9.17, 15) is 19.2 Å². The van der Waals surface area contributed by atoms with E-state index in [0.29, 0.717) is 35.1 Å². The van der Waals surface area contributed by atoms with Crippen LogP contribution in [0.15, 0.2) is 83.7 Å². The van der Waals surface area contributed by atoms with Crippen molar-refractivity contribution in [3.63, 3.8) is 0 Å². The first-order chi connectivity index (χ1) is 18.0. The number of ether oxygens (including phenoxy) is 1. The summed E-state index contributed by atoms with van der Waals surface area (Å²) in [5, 5.41) is 7.65. The molecule has 37 heavy (non-hydrogen) atoms. The van der Waals surface area contributed by atoms with Crippen LogP contribution < -0.4 is 15.8 Å². The van der Waals surface area contributed by atoms with Crippen LogP contribution in [0.5, 0.6) is 0 Å². The lowest BCUT2D eigenvalue weighted by atomic mass is 10.1. The van der Waals surface area contributed by atoms with Gasteiger partial charge < -0.3 is 15.0 Å². The normalized spacial score (nSPS) is 13.1. The zero-order valence-electron chi connectivity index (χ0n) is 19.9. The van der Waals surface area contributed by atoms with E-state index >= 15 is 0 Å². The quantitative estimate of drug-likeness (QED) is 0.393. The number of carbonyl (C=O) groups is 3. The van der Waals surface area contributed by atoms with Gasteiger partial charge in [-0.1, -0.05) is 54.6 Å². The maximum absolute atomic E-state index is 13.0. The molecule has 5 rings (SSSR count). The van der Waals surface area contributed by atoms with Crippen LogP contribution in [0, 0.1) is 0 Å². The van der Waals surface area contributed by atoms with E-state index in [1.165, 1.54) is 4.68 Å². The Morgan fingerprint density at radius 1 is 0.919 bits per heavy atom. The molecule has 0 radical (unpaired) electrons. The van der Waals surface area contributed by atoms with Gasteiger partial charge >= 0.3 is 5.97 Å². The SMILES string of the molecule is O=C(COC(=O)c1nn(Cc2ccccc2)c(=O)c2ccccc12)Nc1cccc(N2CCCC2=O)c1. The third-order valence-electron chi connectivity index (χ3n) is 6.09. The second-order valence-corrected chi connectivity index (χ2v) is 8.67. The van der Waals surface area contributed by atoms with Gasteiger partial charge in [-0.2, -0.15) is 5.10 Å². The van der Waals surface area contributed by atoms with Crippen molar-refractivity contribution in [3.8, 4) is 0 Å². The first-order valence-corrected chi connectivity index (χ1v) is 11.9. The number of amides is 2. The first-order valence-electron chi connectivity index (χ1n) is 11.9. The minimum absolute atomic E-state index is 0.0470. The van der Waals surface area contributed by atoms with Crippen LogP contribution in [-0.4, -0.2) is 40.7 Å². The van der Waals surface area contributed by atoms with Crippen molar-refractivity contribution in [2.45, 2.75) is 19.4 Å². The van der Waals surface area contributed by atoms with Gasteiger partial charge in [0.25, 0.3) is 11.5 Å². The highest BCUT2D eigenvalue weighted by Crippen LogP contribution is 2.24. The van der Waals surface area contributed by atoms with Crippen molar-refractivity contribution in [1.82, 2.24) is 9.78 Å². The number of benzene rings is 3. The Balaban J connectivity index is 1.31. The maximum Gasteiger partial charge on any atom is 0.359 e. The van der Waals surface area contributed by atoms with Crippen molar-refractivity contribution in [1.29, 1.82) is 0 Å². The van der Waals surface area contributed by atoms with Gasteiger partial charge in [0.15, 0.2) is 12.3 Å². The molecular weight excluding hydrogens is 472 g/mol. The molecule has 1 N–H and O–H groups in total. The number of nitrogens with zero attached hydrogens (tertiary/aromatic N) is 3. The Labute approximate surface area is 212 Å².